The molecule has 1 saturated heterocycles. The largest absolute Gasteiger partial charge is 0.495 e. The molecule has 1 amide bonds. The van der Waals surface area contributed by atoms with Crippen LogP contribution in [0.5, 0.6) is 17.4 Å². The second-order valence-electron chi connectivity index (χ2n) is 8.57. The molecule has 1 aliphatic carbocycles. The zero-order valence-electron chi connectivity index (χ0n) is 19.5. The normalized spacial score (nSPS) is 15.4. The Labute approximate surface area is 203 Å². The summed E-state index contributed by atoms with van der Waals surface area (Å²) < 4.78 is 11.5. The maximum Gasteiger partial charge on any atom is 0.251 e. The maximum absolute atomic E-state index is 12.7. The van der Waals surface area contributed by atoms with Gasteiger partial charge in [-0.3, -0.25) is 9.59 Å². The Balaban J connectivity index is 1.30. The van der Waals surface area contributed by atoms with Gasteiger partial charge in [0, 0.05) is 30.3 Å². The van der Waals surface area contributed by atoms with Gasteiger partial charge in [0.1, 0.15) is 11.5 Å². The Bertz CT molecular complexity index is 1260. The fraction of sp³-hybridized carbons (Fsp3) is 0.308. The predicted octanol–water partition coefficient (Wildman–Crippen LogP) is 3.63. The number of ether oxygens (including phenoxy) is 2. The van der Waals surface area contributed by atoms with Gasteiger partial charge in [-0.25, -0.2) is 4.98 Å². The van der Waals surface area contributed by atoms with E-state index in [4.69, 9.17) is 9.47 Å². The van der Waals surface area contributed by atoms with Gasteiger partial charge in [-0.2, -0.15) is 4.98 Å². The summed E-state index contributed by atoms with van der Waals surface area (Å²) in [6.07, 6.45) is 4.63. The van der Waals surface area contributed by atoms with Crippen molar-refractivity contribution in [2.45, 2.75) is 31.7 Å². The summed E-state index contributed by atoms with van der Waals surface area (Å²) >= 11 is 0. The van der Waals surface area contributed by atoms with E-state index in [1.807, 2.05) is 12.1 Å². The number of hydrogen-bond donors (Lipinski definition) is 3. The number of amides is 1. The van der Waals surface area contributed by atoms with Crippen LogP contribution in [-0.2, 0) is 6.42 Å². The summed E-state index contributed by atoms with van der Waals surface area (Å²) in [5, 5.41) is 9.50. The first kappa shape index (κ1) is 22.8. The lowest BCUT2D eigenvalue weighted by molar-refractivity contribution is 0.0928. The smallest absolute Gasteiger partial charge is 0.251 e. The third-order valence-electron chi connectivity index (χ3n) is 6.24. The van der Waals surface area contributed by atoms with Crippen molar-refractivity contribution in [3.05, 3.63) is 65.4 Å². The molecule has 0 saturated carbocycles. The Hall–Kier alpha value is -3.98. The van der Waals surface area contributed by atoms with Crippen molar-refractivity contribution in [3.63, 3.8) is 0 Å². The number of anilines is 2. The minimum atomic E-state index is -0.127. The molecule has 5 rings (SSSR count). The number of hydrogen-bond acceptors (Lipinski definition) is 8. The molecule has 2 heterocycles. The molecule has 3 aromatic rings. The van der Waals surface area contributed by atoms with E-state index in [0.717, 1.165) is 37.9 Å². The van der Waals surface area contributed by atoms with E-state index in [-0.39, 0.29) is 17.7 Å². The van der Waals surface area contributed by atoms with Crippen molar-refractivity contribution in [1.82, 2.24) is 20.6 Å². The quantitative estimate of drug-likeness (QED) is 0.477. The van der Waals surface area contributed by atoms with Crippen molar-refractivity contribution >= 4 is 23.3 Å². The number of ketones is 1. The highest BCUT2D eigenvalue weighted by Crippen LogP contribution is 2.33. The highest BCUT2D eigenvalue weighted by atomic mass is 16.5. The van der Waals surface area contributed by atoms with Gasteiger partial charge in [0.25, 0.3) is 5.91 Å². The first-order chi connectivity index (χ1) is 17.1. The zero-order valence-corrected chi connectivity index (χ0v) is 19.5. The number of carbonyl (C=O) groups excluding carboxylic acids is 2. The number of aryl methyl sites for hydroxylation is 1. The number of Topliss-reactive ketones (excluding diaryl/α,β-unsaturated/α-hetero) is 1. The van der Waals surface area contributed by atoms with Crippen molar-refractivity contribution < 1.29 is 19.1 Å². The fourth-order valence-corrected chi connectivity index (χ4v) is 4.42. The molecule has 9 nitrogen and oxygen atoms in total. The molecule has 35 heavy (non-hydrogen) atoms. The number of methoxy groups -OCH3 is 1. The number of rotatable bonds is 7. The topological polar surface area (TPSA) is 114 Å². The van der Waals surface area contributed by atoms with Crippen LogP contribution >= 0.6 is 0 Å². The molecule has 0 spiro atoms. The number of piperidine rings is 1. The first-order valence-corrected chi connectivity index (χ1v) is 11.7. The molecular weight excluding hydrogens is 446 g/mol. The van der Waals surface area contributed by atoms with E-state index in [1.54, 1.807) is 43.6 Å². The van der Waals surface area contributed by atoms with Crippen LogP contribution < -0.4 is 25.4 Å². The molecule has 2 aliphatic rings. The Morgan fingerprint density at radius 1 is 1.09 bits per heavy atom. The molecule has 0 radical (unpaired) electrons. The number of carbonyl (C=O) groups is 2. The second kappa shape index (κ2) is 10.1. The fourth-order valence-electron chi connectivity index (χ4n) is 4.42. The van der Waals surface area contributed by atoms with Crippen LogP contribution in [0, 0.1) is 0 Å². The van der Waals surface area contributed by atoms with Crippen molar-refractivity contribution in [3.8, 4) is 17.4 Å². The highest BCUT2D eigenvalue weighted by molar-refractivity contribution is 6.03. The Morgan fingerprint density at radius 2 is 1.94 bits per heavy atom. The van der Waals surface area contributed by atoms with Gasteiger partial charge < -0.3 is 25.4 Å². The molecule has 0 atom stereocenters. The molecule has 9 heteroatoms. The van der Waals surface area contributed by atoms with Gasteiger partial charge in [0.15, 0.2) is 5.78 Å². The molecule has 180 valence electrons. The third kappa shape index (κ3) is 5.09. The van der Waals surface area contributed by atoms with E-state index in [9.17, 15) is 9.59 Å². The zero-order chi connectivity index (χ0) is 24.2. The average Bonchev–Trinajstić information content (AvgIpc) is 3.27. The Morgan fingerprint density at radius 3 is 2.77 bits per heavy atom. The number of nitrogens with one attached hydrogen (secondary N) is 3. The standard InChI is InChI=1S/C26H27N5O4/c1-34-22-15-17(25(33)29-18-9-12-27-13-10-18)5-7-19(22)30-26-28-14-11-23(31-26)35-21-4-2-3-16-6-8-20(32)24(16)21/h2-5,7,11,14-15,18,27H,6,8-10,12-13H2,1H3,(H,29,33)(H,28,30,31). The van der Waals surface area contributed by atoms with Crippen LogP contribution in [0.1, 0.15) is 45.5 Å². The van der Waals surface area contributed by atoms with E-state index in [2.05, 4.69) is 25.9 Å². The van der Waals surface area contributed by atoms with Gasteiger partial charge in [0.2, 0.25) is 11.8 Å². The van der Waals surface area contributed by atoms with Crippen LogP contribution in [0.4, 0.5) is 11.6 Å². The van der Waals surface area contributed by atoms with E-state index >= 15 is 0 Å². The summed E-state index contributed by atoms with van der Waals surface area (Å²) in [4.78, 5) is 33.7. The SMILES string of the molecule is COc1cc(C(=O)NC2CCNCC2)ccc1Nc1nccc(Oc2cccc3c2C(=O)CC3)n1. The van der Waals surface area contributed by atoms with Gasteiger partial charge >= 0.3 is 0 Å². The second-order valence-corrected chi connectivity index (χ2v) is 8.57. The van der Waals surface area contributed by atoms with Gasteiger partial charge in [-0.1, -0.05) is 12.1 Å². The Kier molecular flexibility index (Phi) is 6.58. The van der Waals surface area contributed by atoms with E-state index in [1.165, 1.54) is 0 Å². The predicted molar refractivity (Wildman–Crippen MR) is 131 cm³/mol. The van der Waals surface area contributed by atoms with E-state index < -0.39 is 0 Å². The summed E-state index contributed by atoms with van der Waals surface area (Å²) in [5.74, 6) is 1.55. The monoisotopic (exact) mass is 473 g/mol. The molecule has 1 aliphatic heterocycles. The molecule has 1 aromatic heterocycles. The molecule has 2 aromatic carbocycles. The minimum absolute atomic E-state index is 0.0806. The van der Waals surface area contributed by atoms with E-state index in [0.29, 0.717) is 46.6 Å². The van der Waals surface area contributed by atoms with Gasteiger partial charge in [-0.05, 0) is 62.2 Å². The maximum atomic E-state index is 12.7. The number of fused-ring (bicyclic) bond motifs is 1. The third-order valence-corrected chi connectivity index (χ3v) is 6.24. The van der Waals surface area contributed by atoms with Gasteiger partial charge in [-0.15, -0.1) is 0 Å². The average molecular weight is 474 g/mol. The number of aromatic nitrogens is 2. The number of benzene rings is 2. The summed E-state index contributed by atoms with van der Waals surface area (Å²) in [7, 11) is 1.54. The molecule has 0 bridgehead atoms. The van der Waals surface area contributed by atoms with Gasteiger partial charge in [0.05, 0.1) is 18.4 Å². The van der Waals surface area contributed by atoms with Crippen LogP contribution in [-0.4, -0.2) is 47.9 Å². The van der Waals surface area contributed by atoms with Crippen molar-refractivity contribution in [1.29, 1.82) is 0 Å². The summed E-state index contributed by atoms with van der Waals surface area (Å²) in [6, 6.07) is 12.6. The van der Waals surface area contributed by atoms with Crippen LogP contribution in [0.2, 0.25) is 0 Å². The highest BCUT2D eigenvalue weighted by Gasteiger charge is 2.24. The molecular formula is C26H27N5O4. The van der Waals surface area contributed by atoms with Crippen LogP contribution in [0.3, 0.4) is 0 Å². The van der Waals surface area contributed by atoms with Crippen molar-refractivity contribution in [2.75, 3.05) is 25.5 Å². The molecule has 3 N–H and O–H groups in total. The number of nitrogens with zero attached hydrogens (tertiary/aromatic N) is 2. The molecule has 0 unspecified atom stereocenters. The first-order valence-electron chi connectivity index (χ1n) is 11.7. The summed E-state index contributed by atoms with van der Waals surface area (Å²) in [5.41, 5.74) is 2.75. The van der Waals surface area contributed by atoms with Crippen molar-refractivity contribution in [2.24, 2.45) is 0 Å². The lowest BCUT2D eigenvalue weighted by Gasteiger charge is -2.23. The lowest BCUT2D eigenvalue weighted by atomic mass is 10.1. The summed E-state index contributed by atoms with van der Waals surface area (Å²) in [6.45, 7) is 1.81. The lowest BCUT2D eigenvalue weighted by Crippen LogP contribution is -2.42. The van der Waals surface area contributed by atoms with Crippen LogP contribution in [0.15, 0.2) is 48.7 Å². The molecule has 1 fully saturated rings. The minimum Gasteiger partial charge on any atom is -0.495 e. The van der Waals surface area contributed by atoms with Crippen LogP contribution in [0.25, 0.3) is 0 Å².